The molecule has 0 saturated carbocycles. The van der Waals surface area contributed by atoms with Crippen LogP contribution < -0.4 is 5.32 Å². The van der Waals surface area contributed by atoms with Crippen LogP contribution in [0.5, 0.6) is 0 Å². The molecular formula is C9H12BrN3O2. The molecule has 0 aliphatic heterocycles. The van der Waals surface area contributed by atoms with Crippen LogP contribution in [0.2, 0.25) is 0 Å². The summed E-state index contributed by atoms with van der Waals surface area (Å²) in [5.41, 5.74) is 0. The fourth-order valence-corrected chi connectivity index (χ4v) is 1.46. The maximum absolute atomic E-state index is 10.9. The topological polar surface area (TPSA) is 75.1 Å². The summed E-state index contributed by atoms with van der Waals surface area (Å²) >= 11 is 3.24. The summed E-state index contributed by atoms with van der Waals surface area (Å²) in [6.45, 7) is 1.94. The van der Waals surface area contributed by atoms with Crippen LogP contribution in [-0.4, -0.2) is 27.1 Å². The van der Waals surface area contributed by atoms with Crippen molar-refractivity contribution < 1.29 is 9.90 Å². The van der Waals surface area contributed by atoms with Gasteiger partial charge in [-0.25, -0.2) is 14.8 Å². The Morgan fingerprint density at radius 1 is 1.73 bits per heavy atom. The van der Waals surface area contributed by atoms with Crippen LogP contribution in [0.1, 0.15) is 19.8 Å². The highest BCUT2D eigenvalue weighted by Gasteiger charge is 2.17. The summed E-state index contributed by atoms with van der Waals surface area (Å²) in [5, 5.41) is 11.8. The molecule has 0 saturated heterocycles. The number of halogens is 1. The fraction of sp³-hybridized carbons (Fsp3) is 0.444. The van der Waals surface area contributed by atoms with Crippen molar-refractivity contribution in [2.45, 2.75) is 25.8 Å². The summed E-state index contributed by atoms with van der Waals surface area (Å²) in [5.74, 6) is -0.367. The number of carboxylic acids is 1. The molecule has 1 rings (SSSR count). The highest BCUT2D eigenvalue weighted by molar-refractivity contribution is 9.10. The summed E-state index contributed by atoms with van der Waals surface area (Å²) < 4.78 is 0.660. The van der Waals surface area contributed by atoms with Gasteiger partial charge >= 0.3 is 5.97 Å². The van der Waals surface area contributed by atoms with E-state index >= 15 is 0 Å². The quantitative estimate of drug-likeness (QED) is 0.857. The Balaban J connectivity index is 2.74. The second-order valence-corrected chi connectivity index (χ2v) is 3.90. The lowest BCUT2D eigenvalue weighted by Crippen LogP contribution is -2.29. The number of carbonyl (C=O) groups is 1. The number of nitrogens with one attached hydrogen (secondary N) is 1. The lowest BCUT2D eigenvalue weighted by molar-refractivity contribution is -0.138. The SMILES string of the molecule is CCCC(Nc1ncncc1Br)C(=O)O. The Labute approximate surface area is 96.1 Å². The Hall–Kier alpha value is -1.17. The van der Waals surface area contributed by atoms with Crippen molar-refractivity contribution in [1.29, 1.82) is 0 Å². The molecule has 2 N–H and O–H groups in total. The summed E-state index contributed by atoms with van der Waals surface area (Å²) in [6.07, 6.45) is 4.30. The number of hydrogen-bond acceptors (Lipinski definition) is 4. The molecule has 5 nitrogen and oxygen atoms in total. The zero-order chi connectivity index (χ0) is 11.3. The van der Waals surface area contributed by atoms with Gasteiger partial charge in [0.25, 0.3) is 0 Å². The predicted molar refractivity (Wildman–Crippen MR) is 59.7 cm³/mol. The van der Waals surface area contributed by atoms with Gasteiger partial charge in [-0.1, -0.05) is 13.3 Å². The van der Waals surface area contributed by atoms with Crippen LogP contribution in [0.15, 0.2) is 17.0 Å². The van der Waals surface area contributed by atoms with Gasteiger partial charge in [0.1, 0.15) is 18.2 Å². The molecule has 0 bridgehead atoms. The van der Waals surface area contributed by atoms with Gasteiger partial charge < -0.3 is 10.4 Å². The molecule has 1 atom stereocenters. The highest BCUT2D eigenvalue weighted by Crippen LogP contribution is 2.18. The third-order valence-electron chi connectivity index (χ3n) is 1.85. The fourth-order valence-electron chi connectivity index (χ4n) is 1.13. The van der Waals surface area contributed by atoms with Crippen molar-refractivity contribution in [3.8, 4) is 0 Å². The lowest BCUT2D eigenvalue weighted by Gasteiger charge is -2.14. The van der Waals surface area contributed by atoms with Crippen LogP contribution in [-0.2, 0) is 4.79 Å². The van der Waals surface area contributed by atoms with E-state index in [1.54, 1.807) is 6.20 Å². The molecule has 1 unspecified atom stereocenters. The molecule has 0 fully saturated rings. The first kappa shape index (κ1) is 11.9. The molecule has 1 aromatic heterocycles. The van der Waals surface area contributed by atoms with Crippen LogP contribution in [0, 0.1) is 0 Å². The summed E-state index contributed by atoms with van der Waals surface area (Å²) in [7, 11) is 0. The average molecular weight is 274 g/mol. The smallest absolute Gasteiger partial charge is 0.326 e. The molecule has 1 aromatic rings. The molecule has 6 heteroatoms. The van der Waals surface area contributed by atoms with Crippen LogP contribution in [0.3, 0.4) is 0 Å². The van der Waals surface area contributed by atoms with E-state index in [4.69, 9.17) is 5.11 Å². The third-order valence-corrected chi connectivity index (χ3v) is 2.43. The summed E-state index contributed by atoms with van der Waals surface area (Å²) in [4.78, 5) is 18.6. The van der Waals surface area contributed by atoms with E-state index in [0.717, 1.165) is 6.42 Å². The Kier molecular flexibility index (Phi) is 4.48. The second kappa shape index (κ2) is 5.65. The van der Waals surface area contributed by atoms with Crippen LogP contribution in [0.4, 0.5) is 5.82 Å². The van der Waals surface area contributed by atoms with Crippen molar-refractivity contribution in [3.63, 3.8) is 0 Å². The van der Waals surface area contributed by atoms with Crippen molar-refractivity contribution >= 4 is 27.7 Å². The molecule has 0 aliphatic carbocycles. The molecule has 0 radical (unpaired) electrons. The van der Waals surface area contributed by atoms with E-state index in [1.165, 1.54) is 6.33 Å². The van der Waals surface area contributed by atoms with Crippen molar-refractivity contribution in [3.05, 3.63) is 17.0 Å². The first-order valence-corrected chi connectivity index (χ1v) is 5.39. The Morgan fingerprint density at radius 2 is 2.47 bits per heavy atom. The predicted octanol–water partition coefficient (Wildman–Crippen LogP) is 1.90. The van der Waals surface area contributed by atoms with Gasteiger partial charge in [0.15, 0.2) is 0 Å². The van der Waals surface area contributed by atoms with Crippen LogP contribution >= 0.6 is 15.9 Å². The first-order valence-electron chi connectivity index (χ1n) is 4.60. The molecule has 0 aliphatic rings. The number of aliphatic carboxylic acids is 1. The minimum absolute atomic E-state index is 0.505. The van der Waals surface area contributed by atoms with Crippen molar-refractivity contribution in [2.75, 3.05) is 5.32 Å². The zero-order valence-electron chi connectivity index (χ0n) is 8.27. The molecule has 82 valence electrons. The van der Waals surface area contributed by atoms with Gasteiger partial charge in [-0.3, -0.25) is 0 Å². The van der Waals surface area contributed by atoms with Gasteiger partial charge in [0.05, 0.1) is 4.47 Å². The van der Waals surface area contributed by atoms with E-state index in [9.17, 15) is 4.79 Å². The van der Waals surface area contributed by atoms with E-state index < -0.39 is 12.0 Å². The van der Waals surface area contributed by atoms with Crippen molar-refractivity contribution in [1.82, 2.24) is 9.97 Å². The van der Waals surface area contributed by atoms with E-state index in [0.29, 0.717) is 16.7 Å². The molecule has 15 heavy (non-hydrogen) atoms. The van der Waals surface area contributed by atoms with Gasteiger partial charge in [-0.2, -0.15) is 0 Å². The number of hydrogen-bond donors (Lipinski definition) is 2. The number of rotatable bonds is 5. The third kappa shape index (κ3) is 3.47. The number of anilines is 1. The zero-order valence-corrected chi connectivity index (χ0v) is 9.86. The number of aromatic nitrogens is 2. The monoisotopic (exact) mass is 273 g/mol. The number of nitrogens with zero attached hydrogens (tertiary/aromatic N) is 2. The molecule has 0 amide bonds. The lowest BCUT2D eigenvalue weighted by atomic mass is 10.2. The summed E-state index contributed by atoms with van der Waals surface area (Å²) in [6, 6.07) is -0.610. The maximum atomic E-state index is 10.9. The highest BCUT2D eigenvalue weighted by atomic mass is 79.9. The minimum Gasteiger partial charge on any atom is -0.480 e. The Bertz CT molecular complexity index is 346. The standard InChI is InChI=1S/C9H12BrN3O2/c1-2-3-7(9(14)15)13-8-6(10)4-11-5-12-8/h4-5,7H,2-3H2,1H3,(H,14,15)(H,11,12,13). The molecule has 1 heterocycles. The van der Waals surface area contributed by atoms with Crippen molar-refractivity contribution in [2.24, 2.45) is 0 Å². The maximum Gasteiger partial charge on any atom is 0.326 e. The second-order valence-electron chi connectivity index (χ2n) is 3.04. The normalized spacial score (nSPS) is 12.1. The van der Waals surface area contributed by atoms with E-state index in [1.807, 2.05) is 6.92 Å². The van der Waals surface area contributed by atoms with Gasteiger partial charge in [0, 0.05) is 6.20 Å². The molecular weight excluding hydrogens is 262 g/mol. The van der Waals surface area contributed by atoms with E-state index in [2.05, 4.69) is 31.2 Å². The minimum atomic E-state index is -0.873. The Morgan fingerprint density at radius 3 is 3.00 bits per heavy atom. The largest absolute Gasteiger partial charge is 0.480 e. The van der Waals surface area contributed by atoms with Gasteiger partial charge in [-0.05, 0) is 22.4 Å². The van der Waals surface area contributed by atoms with Crippen LogP contribution in [0.25, 0.3) is 0 Å². The average Bonchev–Trinajstić information content (AvgIpc) is 2.20. The van der Waals surface area contributed by atoms with Gasteiger partial charge in [0.2, 0.25) is 0 Å². The number of carboxylic acid groups (broad SMARTS) is 1. The van der Waals surface area contributed by atoms with Gasteiger partial charge in [-0.15, -0.1) is 0 Å². The molecule has 0 aromatic carbocycles. The molecule has 0 spiro atoms. The van der Waals surface area contributed by atoms with E-state index in [-0.39, 0.29) is 0 Å². The first-order chi connectivity index (χ1) is 7.15.